The van der Waals surface area contributed by atoms with Crippen LogP contribution in [0, 0.1) is 0 Å². The zero-order valence-electron chi connectivity index (χ0n) is 12.5. The molecule has 1 aromatic rings. The first-order valence-corrected chi connectivity index (χ1v) is 7.44. The minimum atomic E-state index is -0.574. The van der Waals surface area contributed by atoms with Gasteiger partial charge in [0.1, 0.15) is 18.5 Å². The molecule has 0 amide bonds. The zero-order valence-corrected chi connectivity index (χ0v) is 12.5. The molecule has 0 fully saturated rings. The number of rotatable bonds is 10. The van der Waals surface area contributed by atoms with E-state index in [0.29, 0.717) is 13.1 Å². The maximum absolute atomic E-state index is 9.78. The lowest BCUT2D eigenvalue weighted by Crippen LogP contribution is -2.35. The van der Waals surface area contributed by atoms with Gasteiger partial charge in [0, 0.05) is 13.1 Å². The van der Waals surface area contributed by atoms with Crippen molar-refractivity contribution >= 4 is 0 Å². The molecule has 1 rings (SSSR count). The van der Waals surface area contributed by atoms with Crippen molar-refractivity contribution in [1.82, 2.24) is 5.32 Å². The van der Waals surface area contributed by atoms with Crippen LogP contribution in [0.5, 0.6) is 5.75 Å². The van der Waals surface area contributed by atoms with E-state index in [0.717, 1.165) is 25.0 Å². The number of nitrogens with one attached hydrogen (secondary N) is 1. The molecule has 1 aromatic carbocycles. The minimum Gasteiger partial charge on any atom is -0.491 e. The summed E-state index contributed by atoms with van der Waals surface area (Å²) in [5.41, 5.74) is 1.27. The predicted molar refractivity (Wildman–Crippen MR) is 81.1 cm³/mol. The van der Waals surface area contributed by atoms with Crippen LogP contribution in [0.3, 0.4) is 0 Å². The molecule has 0 aliphatic carbocycles. The number of benzene rings is 1. The van der Waals surface area contributed by atoms with Gasteiger partial charge in [-0.05, 0) is 30.5 Å². The Hall–Kier alpha value is -1.10. The van der Waals surface area contributed by atoms with E-state index >= 15 is 0 Å². The first kappa shape index (κ1) is 17.0. The van der Waals surface area contributed by atoms with Crippen molar-refractivity contribution in [3.05, 3.63) is 29.8 Å². The van der Waals surface area contributed by atoms with Crippen molar-refractivity contribution in [2.45, 2.75) is 45.3 Å². The lowest BCUT2D eigenvalue weighted by Gasteiger charge is -2.15. The average Bonchev–Trinajstić information content (AvgIpc) is 2.46. The van der Waals surface area contributed by atoms with E-state index in [9.17, 15) is 10.2 Å². The highest BCUT2D eigenvalue weighted by Crippen LogP contribution is 2.12. The molecule has 3 N–H and O–H groups in total. The van der Waals surface area contributed by atoms with E-state index in [4.69, 9.17) is 4.74 Å². The summed E-state index contributed by atoms with van der Waals surface area (Å²) in [7, 11) is 0. The van der Waals surface area contributed by atoms with E-state index in [1.165, 1.54) is 5.56 Å². The number of aliphatic hydroxyl groups is 2. The van der Waals surface area contributed by atoms with Crippen molar-refractivity contribution in [2.24, 2.45) is 0 Å². The van der Waals surface area contributed by atoms with Gasteiger partial charge in [-0.25, -0.2) is 0 Å². The molecule has 0 bridgehead atoms. The number of ether oxygens (including phenoxy) is 1. The van der Waals surface area contributed by atoms with Gasteiger partial charge in [-0.2, -0.15) is 0 Å². The van der Waals surface area contributed by atoms with Gasteiger partial charge in [-0.15, -0.1) is 0 Å². The van der Waals surface area contributed by atoms with Crippen molar-refractivity contribution in [2.75, 3.05) is 19.7 Å². The third-order valence-corrected chi connectivity index (χ3v) is 3.16. The molecule has 0 aromatic heterocycles. The smallest absolute Gasteiger partial charge is 0.119 e. The van der Waals surface area contributed by atoms with E-state index in [1.807, 2.05) is 31.2 Å². The van der Waals surface area contributed by atoms with Gasteiger partial charge in [0.2, 0.25) is 0 Å². The van der Waals surface area contributed by atoms with Crippen LogP contribution < -0.4 is 10.1 Å². The fraction of sp³-hybridized carbons (Fsp3) is 0.625. The minimum absolute atomic E-state index is 0.252. The van der Waals surface area contributed by atoms with Crippen LogP contribution in [-0.2, 0) is 6.42 Å². The van der Waals surface area contributed by atoms with Crippen molar-refractivity contribution in [3.63, 3.8) is 0 Å². The molecule has 114 valence electrons. The summed E-state index contributed by atoms with van der Waals surface area (Å²) in [6, 6.07) is 7.90. The lowest BCUT2D eigenvalue weighted by molar-refractivity contribution is 0.0984. The van der Waals surface area contributed by atoms with Crippen LogP contribution in [0.2, 0.25) is 0 Å². The molecular formula is C16H27NO3. The number of aryl methyl sites for hydroxylation is 1. The van der Waals surface area contributed by atoms with E-state index in [2.05, 4.69) is 12.2 Å². The van der Waals surface area contributed by atoms with E-state index < -0.39 is 6.10 Å². The fourth-order valence-electron chi connectivity index (χ4n) is 1.92. The van der Waals surface area contributed by atoms with Crippen molar-refractivity contribution in [3.8, 4) is 5.75 Å². The summed E-state index contributed by atoms with van der Waals surface area (Å²) >= 11 is 0. The summed E-state index contributed by atoms with van der Waals surface area (Å²) in [6.45, 7) is 5.33. The van der Waals surface area contributed by atoms with Crippen molar-refractivity contribution in [1.29, 1.82) is 0 Å². The third-order valence-electron chi connectivity index (χ3n) is 3.16. The van der Waals surface area contributed by atoms with Crippen LogP contribution in [0.4, 0.5) is 0 Å². The SMILES string of the molecule is CCCC(O)CNCC(O)COc1ccc(CC)cc1. The molecule has 0 spiro atoms. The molecule has 2 unspecified atom stereocenters. The summed E-state index contributed by atoms with van der Waals surface area (Å²) in [5.74, 6) is 0.771. The highest BCUT2D eigenvalue weighted by atomic mass is 16.5. The Morgan fingerprint density at radius 1 is 1.05 bits per heavy atom. The number of hydrogen-bond donors (Lipinski definition) is 3. The first-order chi connectivity index (χ1) is 9.65. The van der Waals surface area contributed by atoms with E-state index in [1.54, 1.807) is 0 Å². The molecule has 4 heteroatoms. The molecule has 2 atom stereocenters. The van der Waals surface area contributed by atoms with Crippen LogP contribution >= 0.6 is 0 Å². The molecule has 4 nitrogen and oxygen atoms in total. The fourth-order valence-corrected chi connectivity index (χ4v) is 1.92. The normalized spacial score (nSPS) is 14.0. The Morgan fingerprint density at radius 2 is 1.70 bits per heavy atom. The van der Waals surface area contributed by atoms with Gasteiger partial charge in [0.25, 0.3) is 0 Å². The summed E-state index contributed by atoms with van der Waals surface area (Å²) in [6.07, 6.45) is 1.84. The lowest BCUT2D eigenvalue weighted by atomic mass is 10.2. The zero-order chi connectivity index (χ0) is 14.8. The van der Waals surface area contributed by atoms with Gasteiger partial charge >= 0.3 is 0 Å². The Kier molecular flexibility index (Phi) is 8.26. The van der Waals surface area contributed by atoms with Crippen LogP contribution in [0.25, 0.3) is 0 Å². The molecule has 0 saturated carbocycles. The number of hydrogen-bond acceptors (Lipinski definition) is 4. The Balaban J connectivity index is 2.17. The highest BCUT2D eigenvalue weighted by molar-refractivity contribution is 5.27. The largest absolute Gasteiger partial charge is 0.491 e. The molecule has 0 aliphatic rings. The summed E-state index contributed by atoms with van der Waals surface area (Å²) in [5, 5.41) is 22.4. The van der Waals surface area contributed by atoms with Crippen LogP contribution in [0.15, 0.2) is 24.3 Å². The molecule has 0 aliphatic heterocycles. The second-order valence-corrected chi connectivity index (χ2v) is 5.06. The highest BCUT2D eigenvalue weighted by Gasteiger charge is 2.07. The Labute approximate surface area is 121 Å². The second-order valence-electron chi connectivity index (χ2n) is 5.06. The van der Waals surface area contributed by atoms with Gasteiger partial charge in [-0.3, -0.25) is 0 Å². The summed E-state index contributed by atoms with van der Waals surface area (Å²) in [4.78, 5) is 0. The maximum atomic E-state index is 9.78. The first-order valence-electron chi connectivity index (χ1n) is 7.44. The average molecular weight is 281 g/mol. The second kappa shape index (κ2) is 9.75. The molecule has 0 saturated heterocycles. The quantitative estimate of drug-likeness (QED) is 0.611. The van der Waals surface area contributed by atoms with Crippen LogP contribution in [-0.4, -0.2) is 42.1 Å². The molecule has 0 heterocycles. The van der Waals surface area contributed by atoms with E-state index in [-0.39, 0.29) is 12.7 Å². The number of aliphatic hydroxyl groups excluding tert-OH is 2. The van der Waals surface area contributed by atoms with Gasteiger partial charge in [0.05, 0.1) is 6.10 Å². The third kappa shape index (κ3) is 6.89. The topological polar surface area (TPSA) is 61.7 Å². The molecule has 20 heavy (non-hydrogen) atoms. The predicted octanol–water partition coefficient (Wildman–Crippen LogP) is 1.74. The molecular weight excluding hydrogens is 254 g/mol. The van der Waals surface area contributed by atoms with Gasteiger partial charge < -0.3 is 20.3 Å². The van der Waals surface area contributed by atoms with Gasteiger partial charge in [-0.1, -0.05) is 32.4 Å². The van der Waals surface area contributed by atoms with Crippen LogP contribution in [0.1, 0.15) is 32.3 Å². The molecule has 0 radical (unpaired) electrons. The maximum Gasteiger partial charge on any atom is 0.119 e. The Morgan fingerprint density at radius 3 is 2.30 bits per heavy atom. The standard InChI is InChI=1S/C16H27NO3/c1-3-5-14(18)10-17-11-15(19)12-20-16-8-6-13(4-2)7-9-16/h6-9,14-15,17-19H,3-5,10-12H2,1-2H3. The van der Waals surface area contributed by atoms with Crippen molar-refractivity contribution < 1.29 is 14.9 Å². The monoisotopic (exact) mass is 281 g/mol. The van der Waals surface area contributed by atoms with Gasteiger partial charge in [0.15, 0.2) is 0 Å². The Bertz CT molecular complexity index is 353. The summed E-state index contributed by atoms with van der Waals surface area (Å²) < 4.78 is 5.52.